The van der Waals surface area contributed by atoms with Crippen molar-refractivity contribution in [3.8, 4) is 0 Å². The van der Waals surface area contributed by atoms with Crippen LogP contribution in [0.2, 0.25) is 0 Å². The predicted molar refractivity (Wildman–Crippen MR) is 68.0 cm³/mol. The van der Waals surface area contributed by atoms with Gasteiger partial charge in [0.1, 0.15) is 11.4 Å². The van der Waals surface area contributed by atoms with E-state index in [1.807, 2.05) is 6.92 Å². The van der Waals surface area contributed by atoms with Gasteiger partial charge in [-0.05, 0) is 30.9 Å². The molecule has 0 spiro atoms. The van der Waals surface area contributed by atoms with Crippen LogP contribution in [0.1, 0.15) is 32.6 Å². The summed E-state index contributed by atoms with van der Waals surface area (Å²) in [4.78, 5) is 11.6. The zero-order valence-electron chi connectivity index (χ0n) is 10.4. The molecule has 2 N–H and O–H groups in total. The van der Waals surface area contributed by atoms with Crippen molar-refractivity contribution in [2.24, 2.45) is 5.92 Å². The summed E-state index contributed by atoms with van der Waals surface area (Å²) < 4.78 is 13.7. The third kappa shape index (κ3) is 2.07. The molecular weight excluding hydrogens is 233 g/mol. The van der Waals surface area contributed by atoms with Gasteiger partial charge < -0.3 is 10.4 Å². The largest absolute Gasteiger partial charge is 0.479 e. The van der Waals surface area contributed by atoms with Gasteiger partial charge in [0.2, 0.25) is 0 Å². The Bertz CT molecular complexity index is 449. The number of carbonyl (C=O) groups is 1. The van der Waals surface area contributed by atoms with Crippen molar-refractivity contribution in [1.29, 1.82) is 0 Å². The number of rotatable bonds is 4. The Balaban J connectivity index is 2.33. The van der Waals surface area contributed by atoms with E-state index in [9.17, 15) is 14.3 Å². The van der Waals surface area contributed by atoms with Crippen molar-refractivity contribution in [2.75, 3.05) is 5.32 Å². The quantitative estimate of drug-likeness (QED) is 0.863. The molecule has 0 amide bonds. The van der Waals surface area contributed by atoms with Gasteiger partial charge in [-0.2, -0.15) is 0 Å². The Hall–Kier alpha value is -1.58. The fraction of sp³-hybridized carbons (Fsp3) is 0.500. The van der Waals surface area contributed by atoms with Crippen LogP contribution in [0.15, 0.2) is 24.3 Å². The molecule has 1 aliphatic carbocycles. The van der Waals surface area contributed by atoms with E-state index in [1.54, 1.807) is 18.2 Å². The smallest absolute Gasteiger partial charge is 0.329 e. The van der Waals surface area contributed by atoms with Gasteiger partial charge in [0.15, 0.2) is 0 Å². The summed E-state index contributed by atoms with van der Waals surface area (Å²) in [6, 6.07) is 6.23. The highest BCUT2D eigenvalue weighted by molar-refractivity contribution is 5.83. The standard InChI is InChI=1S/C14H18FNO2/c1-2-10-6-5-9-14(10,13(17)18)16-12-8-4-3-7-11(12)15/h3-4,7-8,10,16H,2,5-6,9H2,1H3,(H,17,18). The molecule has 0 saturated heterocycles. The van der Waals surface area contributed by atoms with E-state index < -0.39 is 17.3 Å². The molecule has 1 aliphatic rings. The number of aliphatic carboxylic acids is 1. The fourth-order valence-corrected chi connectivity index (χ4v) is 2.93. The summed E-state index contributed by atoms with van der Waals surface area (Å²) >= 11 is 0. The van der Waals surface area contributed by atoms with Crippen LogP contribution in [0.3, 0.4) is 0 Å². The first-order chi connectivity index (χ1) is 8.60. The lowest BCUT2D eigenvalue weighted by molar-refractivity contribution is -0.143. The van der Waals surface area contributed by atoms with Crippen molar-refractivity contribution in [2.45, 2.75) is 38.1 Å². The van der Waals surface area contributed by atoms with Crippen molar-refractivity contribution >= 4 is 11.7 Å². The van der Waals surface area contributed by atoms with Gasteiger partial charge in [-0.25, -0.2) is 9.18 Å². The van der Waals surface area contributed by atoms with Crippen molar-refractivity contribution in [3.05, 3.63) is 30.1 Å². The SMILES string of the molecule is CCC1CCCC1(Nc1ccccc1F)C(=O)O. The minimum atomic E-state index is -1.02. The molecule has 1 saturated carbocycles. The highest BCUT2D eigenvalue weighted by Crippen LogP contribution is 2.40. The molecule has 1 fully saturated rings. The predicted octanol–water partition coefficient (Wildman–Crippen LogP) is 3.27. The van der Waals surface area contributed by atoms with Crippen LogP contribution in [0.4, 0.5) is 10.1 Å². The fourth-order valence-electron chi connectivity index (χ4n) is 2.93. The van der Waals surface area contributed by atoms with Gasteiger partial charge in [0, 0.05) is 0 Å². The highest BCUT2D eigenvalue weighted by atomic mass is 19.1. The Morgan fingerprint density at radius 2 is 2.28 bits per heavy atom. The lowest BCUT2D eigenvalue weighted by Crippen LogP contribution is -2.49. The normalized spacial score (nSPS) is 27.1. The number of anilines is 1. The van der Waals surface area contributed by atoms with E-state index in [1.165, 1.54) is 6.07 Å². The Kier molecular flexibility index (Phi) is 3.55. The average molecular weight is 251 g/mol. The van der Waals surface area contributed by atoms with Crippen LogP contribution < -0.4 is 5.32 Å². The van der Waals surface area contributed by atoms with Crippen molar-refractivity contribution < 1.29 is 14.3 Å². The average Bonchev–Trinajstić information content (AvgIpc) is 2.76. The van der Waals surface area contributed by atoms with Gasteiger partial charge in [-0.15, -0.1) is 0 Å². The lowest BCUT2D eigenvalue weighted by Gasteiger charge is -2.33. The molecule has 0 aliphatic heterocycles. The second kappa shape index (κ2) is 4.96. The number of carboxylic acid groups (broad SMARTS) is 1. The summed E-state index contributed by atoms with van der Waals surface area (Å²) in [5, 5.41) is 12.5. The number of halogens is 1. The van der Waals surface area contributed by atoms with Gasteiger partial charge in [-0.1, -0.05) is 31.9 Å². The first kappa shape index (κ1) is 12.9. The minimum absolute atomic E-state index is 0.0506. The topological polar surface area (TPSA) is 49.3 Å². The Morgan fingerprint density at radius 1 is 1.56 bits per heavy atom. The highest BCUT2D eigenvalue weighted by Gasteiger charge is 2.48. The van der Waals surface area contributed by atoms with Crippen LogP contribution in [0.25, 0.3) is 0 Å². The van der Waals surface area contributed by atoms with Crippen LogP contribution >= 0.6 is 0 Å². The second-order valence-corrected chi connectivity index (χ2v) is 4.88. The number of para-hydroxylation sites is 1. The monoisotopic (exact) mass is 251 g/mol. The minimum Gasteiger partial charge on any atom is -0.479 e. The van der Waals surface area contributed by atoms with Crippen LogP contribution in [-0.2, 0) is 4.79 Å². The third-order valence-electron chi connectivity index (χ3n) is 3.93. The molecule has 18 heavy (non-hydrogen) atoms. The second-order valence-electron chi connectivity index (χ2n) is 4.88. The summed E-state index contributed by atoms with van der Waals surface area (Å²) in [6.45, 7) is 1.98. The first-order valence-electron chi connectivity index (χ1n) is 6.36. The maximum Gasteiger partial charge on any atom is 0.329 e. The Morgan fingerprint density at radius 3 is 2.89 bits per heavy atom. The maximum absolute atomic E-state index is 13.7. The van der Waals surface area contributed by atoms with Crippen molar-refractivity contribution in [1.82, 2.24) is 0 Å². The molecule has 1 aromatic rings. The maximum atomic E-state index is 13.7. The molecule has 3 nitrogen and oxygen atoms in total. The molecule has 0 radical (unpaired) electrons. The Labute approximate surface area is 106 Å². The third-order valence-corrected chi connectivity index (χ3v) is 3.93. The molecule has 0 bridgehead atoms. The van der Waals surface area contributed by atoms with Crippen molar-refractivity contribution in [3.63, 3.8) is 0 Å². The number of hydrogen-bond acceptors (Lipinski definition) is 2. The van der Waals surface area contributed by atoms with E-state index in [-0.39, 0.29) is 11.6 Å². The van der Waals surface area contributed by atoms with E-state index in [4.69, 9.17) is 0 Å². The molecule has 4 heteroatoms. The van der Waals surface area contributed by atoms with Gasteiger partial charge in [0.05, 0.1) is 5.69 Å². The molecule has 2 rings (SSSR count). The van der Waals surface area contributed by atoms with E-state index in [0.717, 1.165) is 19.3 Å². The zero-order valence-corrected chi connectivity index (χ0v) is 10.4. The molecule has 98 valence electrons. The molecule has 2 atom stereocenters. The molecular formula is C14H18FNO2. The summed E-state index contributed by atoms with van der Waals surface area (Å²) in [5.74, 6) is -1.23. The summed E-state index contributed by atoms with van der Waals surface area (Å²) in [6.07, 6.45) is 3.08. The van der Waals surface area contributed by atoms with Gasteiger partial charge in [0.25, 0.3) is 0 Å². The number of hydrogen-bond donors (Lipinski definition) is 2. The van der Waals surface area contributed by atoms with Crippen LogP contribution in [0, 0.1) is 11.7 Å². The summed E-state index contributed by atoms with van der Waals surface area (Å²) in [7, 11) is 0. The molecule has 0 aromatic heterocycles. The molecule has 1 aromatic carbocycles. The number of benzene rings is 1. The van der Waals surface area contributed by atoms with Crippen LogP contribution in [0.5, 0.6) is 0 Å². The van der Waals surface area contributed by atoms with E-state index in [2.05, 4.69) is 5.32 Å². The van der Waals surface area contributed by atoms with Crippen LogP contribution in [-0.4, -0.2) is 16.6 Å². The molecule has 2 unspecified atom stereocenters. The zero-order chi connectivity index (χ0) is 13.2. The van der Waals surface area contributed by atoms with Gasteiger partial charge in [-0.3, -0.25) is 0 Å². The number of nitrogens with one attached hydrogen (secondary N) is 1. The summed E-state index contributed by atoms with van der Waals surface area (Å²) in [5.41, 5.74) is -0.739. The first-order valence-corrected chi connectivity index (χ1v) is 6.36. The number of carboxylic acids is 1. The van der Waals surface area contributed by atoms with E-state index in [0.29, 0.717) is 6.42 Å². The lowest BCUT2D eigenvalue weighted by atomic mass is 9.84. The van der Waals surface area contributed by atoms with E-state index >= 15 is 0 Å². The molecule has 0 heterocycles. The van der Waals surface area contributed by atoms with Gasteiger partial charge >= 0.3 is 5.97 Å².